The maximum absolute atomic E-state index is 12.2. The predicted molar refractivity (Wildman–Crippen MR) is 180 cm³/mol. The van der Waals surface area contributed by atoms with Gasteiger partial charge in [-0.3, -0.25) is 9.59 Å². The minimum atomic E-state index is -0.294. The van der Waals surface area contributed by atoms with E-state index >= 15 is 0 Å². The number of aliphatic hydroxyl groups excluding tert-OH is 2. The second-order valence-electron chi connectivity index (χ2n) is 11.8. The maximum atomic E-state index is 12.2. The van der Waals surface area contributed by atoms with Crippen LogP contribution in [0, 0.1) is 13.8 Å². The SMILES string of the molecule is COC(=O)CCc1c(C)c2cc3nc(cc4nc(cc5[nH]c(cc1[nH]2)c(CCC(=O)OC)c5C)C(CCO)=C4C)C(CCO)=C3C. The van der Waals surface area contributed by atoms with E-state index in [1.807, 2.05) is 52.0 Å². The van der Waals surface area contributed by atoms with Gasteiger partial charge in [0.1, 0.15) is 0 Å². The van der Waals surface area contributed by atoms with Crippen molar-refractivity contribution in [3.05, 3.63) is 69.3 Å². The molecule has 5 heterocycles. The molecular formula is C36H42N4O6. The van der Waals surface area contributed by atoms with Gasteiger partial charge in [-0.1, -0.05) is 0 Å². The molecule has 4 N–H and O–H groups in total. The average molecular weight is 627 g/mol. The van der Waals surface area contributed by atoms with Gasteiger partial charge in [-0.25, -0.2) is 9.97 Å². The number of H-pyrrole nitrogens is 2. The third-order valence-electron chi connectivity index (χ3n) is 9.14. The zero-order valence-corrected chi connectivity index (χ0v) is 27.4. The van der Waals surface area contributed by atoms with Crippen LogP contribution in [-0.4, -0.2) is 69.5 Å². The molecule has 2 aliphatic heterocycles. The van der Waals surface area contributed by atoms with Crippen molar-refractivity contribution < 1.29 is 29.3 Å². The Kier molecular flexibility index (Phi) is 9.88. The first-order valence-corrected chi connectivity index (χ1v) is 15.6. The quantitative estimate of drug-likeness (QED) is 0.207. The number of ether oxygens (including phenoxy) is 2. The molecule has 0 aromatic carbocycles. The summed E-state index contributed by atoms with van der Waals surface area (Å²) in [5.74, 6) is -0.586. The lowest BCUT2D eigenvalue weighted by molar-refractivity contribution is -0.141. The number of hydrogen-bond donors (Lipinski definition) is 4. The number of aromatic amines is 2. The van der Waals surface area contributed by atoms with Crippen LogP contribution in [0.3, 0.4) is 0 Å². The number of aryl methyl sites for hydroxylation is 4. The molecule has 0 saturated carbocycles. The van der Waals surface area contributed by atoms with Crippen LogP contribution in [0.4, 0.5) is 0 Å². The molecule has 2 aliphatic rings. The number of hydrogen-bond acceptors (Lipinski definition) is 8. The van der Waals surface area contributed by atoms with Crippen LogP contribution in [0.1, 0.15) is 84.6 Å². The van der Waals surface area contributed by atoms with Gasteiger partial charge >= 0.3 is 11.9 Å². The number of methoxy groups -OCH3 is 2. The van der Waals surface area contributed by atoms with E-state index in [1.54, 1.807) is 0 Å². The molecule has 3 aromatic heterocycles. The summed E-state index contributed by atoms with van der Waals surface area (Å²) >= 11 is 0. The molecule has 3 aromatic rings. The number of rotatable bonds is 10. The highest BCUT2D eigenvalue weighted by Gasteiger charge is 2.22. The Morgan fingerprint density at radius 1 is 0.609 bits per heavy atom. The summed E-state index contributed by atoms with van der Waals surface area (Å²) in [6.07, 6.45) is 2.27. The molecule has 0 fully saturated rings. The summed E-state index contributed by atoms with van der Waals surface area (Å²) < 4.78 is 9.89. The fraction of sp³-hybridized carbons (Fsp3) is 0.389. The molecule has 10 heteroatoms. The molecule has 242 valence electrons. The summed E-state index contributed by atoms with van der Waals surface area (Å²) in [6.45, 7) is 8.03. The van der Waals surface area contributed by atoms with Gasteiger partial charge in [-0.15, -0.1) is 0 Å². The normalized spacial score (nSPS) is 13.0. The monoisotopic (exact) mass is 626 g/mol. The first-order valence-electron chi connectivity index (χ1n) is 15.6. The standard InChI is InChI=1S/C36H42N4O6/c1-19-23(7-9-35(43)45-5)33-18-34-24(8-10-36(44)46-6)20(2)29(40-34)16-32-26(12-14-42)22(4)30(39-32)17-31-25(11-13-41)21(3)28(37-31)15-27(19)38-33/h15-18,38,40-42H,7-14H2,1-6H3. The van der Waals surface area contributed by atoms with Crippen molar-refractivity contribution in [3.8, 4) is 0 Å². The fourth-order valence-corrected chi connectivity index (χ4v) is 6.37. The number of esters is 2. The highest BCUT2D eigenvalue weighted by Crippen LogP contribution is 2.37. The number of nitrogens with one attached hydrogen (secondary N) is 2. The second kappa shape index (κ2) is 13.8. The molecule has 0 atom stereocenters. The summed E-state index contributed by atoms with van der Waals surface area (Å²) in [4.78, 5) is 41.6. The first-order chi connectivity index (χ1) is 22.1. The summed E-state index contributed by atoms with van der Waals surface area (Å²) in [6, 6.07) is 8.01. The second-order valence-corrected chi connectivity index (χ2v) is 11.8. The van der Waals surface area contributed by atoms with Crippen LogP contribution >= 0.6 is 0 Å². The lowest BCUT2D eigenvalue weighted by atomic mass is 10.0. The van der Waals surface area contributed by atoms with Crippen molar-refractivity contribution in [1.82, 2.24) is 19.9 Å². The Morgan fingerprint density at radius 3 is 1.46 bits per heavy atom. The van der Waals surface area contributed by atoms with Crippen molar-refractivity contribution in [2.24, 2.45) is 0 Å². The average Bonchev–Trinajstić information content (AvgIpc) is 3.69. The molecule has 10 nitrogen and oxygen atoms in total. The molecule has 0 spiro atoms. The molecule has 0 radical (unpaired) electrons. The van der Waals surface area contributed by atoms with E-state index in [0.29, 0.717) is 25.7 Å². The van der Waals surface area contributed by atoms with Crippen molar-refractivity contribution in [2.75, 3.05) is 27.4 Å². The topological polar surface area (TPSA) is 150 Å². The smallest absolute Gasteiger partial charge is 0.305 e. The Balaban J connectivity index is 1.90. The highest BCUT2D eigenvalue weighted by atomic mass is 16.5. The van der Waals surface area contributed by atoms with Crippen LogP contribution in [0.25, 0.3) is 44.4 Å². The minimum absolute atomic E-state index is 0.0140. The van der Waals surface area contributed by atoms with Gasteiger partial charge in [-0.05, 0) is 122 Å². The van der Waals surface area contributed by atoms with E-state index in [0.717, 1.165) is 89.4 Å². The Bertz CT molecular complexity index is 1930. The van der Waals surface area contributed by atoms with Crippen LogP contribution in [-0.2, 0) is 31.9 Å². The van der Waals surface area contributed by atoms with Crippen LogP contribution in [0.2, 0.25) is 0 Å². The van der Waals surface area contributed by atoms with Crippen LogP contribution in [0.5, 0.6) is 0 Å². The molecule has 0 unspecified atom stereocenters. The lowest BCUT2D eigenvalue weighted by Crippen LogP contribution is -2.02. The minimum Gasteiger partial charge on any atom is -0.469 e. The first kappa shape index (κ1) is 32.8. The van der Waals surface area contributed by atoms with E-state index < -0.39 is 0 Å². The number of aromatic nitrogens is 4. The van der Waals surface area contributed by atoms with Crippen LogP contribution in [0.15, 0.2) is 24.3 Å². The summed E-state index contributed by atoms with van der Waals surface area (Å²) in [5.41, 5.74) is 14.2. The Hall–Kier alpha value is -4.54. The van der Waals surface area contributed by atoms with Gasteiger partial charge in [0.2, 0.25) is 0 Å². The zero-order valence-electron chi connectivity index (χ0n) is 27.4. The van der Waals surface area contributed by atoms with Gasteiger partial charge in [-0.2, -0.15) is 0 Å². The molecule has 0 amide bonds. The number of fused-ring (bicyclic) bond motifs is 8. The van der Waals surface area contributed by atoms with E-state index in [-0.39, 0.29) is 38.0 Å². The number of nitrogens with zero attached hydrogens (tertiary/aromatic N) is 2. The molecule has 8 bridgehead atoms. The molecule has 0 saturated heterocycles. The Labute approximate surface area is 268 Å². The number of carbonyl (C=O) groups excluding carboxylic acids is 2. The largest absolute Gasteiger partial charge is 0.469 e. The zero-order chi connectivity index (χ0) is 33.1. The van der Waals surface area contributed by atoms with Gasteiger partial charge in [0.25, 0.3) is 0 Å². The lowest BCUT2D eigenvalue weighted by Gasteiger charge is -2.03. The van der Waals surface area contributed by atoms with Gasteiger partial charge in [0.15, 0.2) is 0 Å². The molecule has 0 aliphatic carbocycles. The van der Waals surface area contributed by atoms with Crippen LogP contribution < -0.4 is 0 Å². The van der Waals surface area contributed by atoms with E-state index in [1.165, 1.54) is 14.2 Å². The van der Waals surface area contributed by atoms with Gasteiger partial charge in [0, 0.05) is 48.1 Å². The maximum Gasteiger partial charge on any atom is 0.305 e. The molecule has 5 rings (SSSR count). The molecule has 46 heavy (non-hydrogen) atoms. The number of aliphatic hydroxyl groups is 2. The molecular weight excluding hydrogens is 584 g/mol. The van der Waals surface area contributed by atoms with Gasteiger partial charge in [0.05, 0.1) is 37.0 Å². The fourth-order valence-electron chi connectivity index (χ4n) is 6.37. The number of allylic oxidation sites excluding steroid dienone is 2. The van der Waals surface area contributed by atoms with E-state index in [2.05, 4.69) is 9.97 Å². The third-order valence-corrected chi connectivity index (χ3v) is 9.14. The van der Waals surface area contributed by atoms with E-state index in [9.17, 15) is 19.8 Å². The van der Waals surface area contributed by atoms with Gasteiger partial charge < -0.3 is 29.7 Å². The summed E-state index contributed by atoms with van der Waals surface area (Å²) in [5, 5.41) is 19.9. The predicted octanol–water partition coefficient (Wildman–Crippen LogP) is 5.77. The van der Waals surface area contributed by atoms with Crippen molar-refractivity contribution in [2.45, 2.75) is 66.2 Å². The van der Waals surface area contributed by atoms with E-state index in [4.69, 9.17) is 19.4 Å². The van der Waals surface area contributed by atoms with Crippen molar-refractivity contribution in [3.63, 3.8) is 0 Å². The summed E-state index contributed by atoms with van der Waals surface area (Å²) in [7, 11) is 2.77. The third kappa shape index (κ3) is 6.41. The highest BCUT2D eigenvalue weighted by molar-refractivity contribution is 5.95. The number of carbonyl (C=O) groups is 2. The Morgan fingerprint density at radius 2 is 1.02 bits per heavy atom. The van der Waals surface area contributed by atoms with Crippen molar-refractivity contribution >= 4 is 56.3 Å². The van der Waals surface area contributed by atoms with Crippen molar-refractivity contribution in [1.29, 1.82) is 0 Å².